The average Bonchev–Trinajstić information content (AvgIpc) is 3.10. The molecular weight excluding hydrogens is 320 g/mol. The SMILES string of the molecule is Cc1cc(SC2CCCCC2)ccc1NC(=O)CCn1cncn1. The average molecular weight is 344 g/mol. The molecule has 0 radical (unpaired) electrons. The molecule has 128 valence electrons. The van der Waals surface area contributed by atoms with E-state index in [0.717, 1.165) is 16.5 Å². The van der Waals surface area contributed by atoms with Crippen molar-refractivity contribution in [2.45, 2.75) is 62.1 Å². The number of amides is 1. The number of carbonyl (C=O) groups is 1. The van der Waals surface area contributed by atoms with Gasteiger partial charge in [-0.3, -0.25) is 9.48 Å². The van der Waals surface area contributed by atoms with Crippen molar-refractivity contribution in [2.24, 2.45) is 0 Å². The Hall–Kier alpha value is -1.82. The summed E-state index contributed by atoms with van der Waals surface area (Å²) in [5, 5.41) is 7.75. The van der Waals surface area contributed by atoms with Crippen molar-refractivity contribution >= 4 is 23.4 Å². The van der Waals surface area contributed by atoms with Crippen LogP contribution >= 0.6 is 11.8 Å². The van der Waals surface area contributed by atoms with E-state index in [9.17, 15) is 4.79 Å². The smallest absolute Gasteiger partial charge is 0.226 e. The van der Waals surface area contributed by atoms with E-state index in [1.807, 2.05) is 17.8 Å². The van der Waals surface area contributed by atoms with E-state index >= 15 is 0 Å². The molecule has 24 heavy (non-hydrogen) atoms. The van der Waals surface area contributed by atoms with Crippen LogP contribution < -0.4 is 5.32 Å². The molecular formula is C18H24N4OS. The molecule has 6 heteroatoms. The lowest BCUT2D eigenvalue weighted by Gasteiger charge is -2.21. The summed E-state index contributed by atoms with van der Waals surface area (Å²) in [6.45, 7) is 2.60. The Morgan fingerprint density at radius 1 is 1.33 bits per heavy atom. The van der Waals surface area contributed by atoms with Crippen LogP contribution in [0.5, 0.6) is 0 Å². The van der Waals surface area contributed by atoms with Gasteiger partial charge in [-0.25, -0.2) is 4.98 Å². The van der Waals surface area contributed by atoms with Gasteiger partial charge in [0, 0.05) is 22.3 Å². The first-order valence-electron chi connectivity index (χ1n) is 8.60. The summed E-state index contributed by atoms with van der Waals surface area (Å²) in [4.78, 5) is 17.3. The van der Waals surface area contributed by atoms with Crippen LogP contribution in [-0.4, -0.2) is 25.9 Å². The van der Waals surface area contributed by atoms with Gasteiger partial charge < -0.3 is 5.32 Å². The minimum atomic E-state index is 0.00119. The summed E-state index contributed by atoms with van der Waals surface area (Å²) in [5.41, 5.74) is 2.01. The Kier molecular flexibility index (Phi) is 5.91. The lowest BCUT2D eigenvalue weighted by atomic mass is 10.0. The normalized spacial score (nSPS) is 15.4. The highest BCUT2D eigenvalue weighted by Gasteiger charge is 2.15. The largest absolute Gasteiger partial charge is 0.326 e. The van der Waals surface area contributed by atoms with Crippen LogP contribution in [0.2, 0.25) is 0 Å². The topological polar surface area (TPSA) is 59.8 Å². The molecule has 1 heterocycles. The number of nitrogens with one attached hydrogen (secondary N) is 1. The molecule has 0 spiro atoms. The molecule has 0 unspecified atom stereocenters. The quantitative estimate of drug-likeness (QED) is 0.859. The molecule has 1 amide bonds. The van der Waals surface area contributed by atoms with Gasteiger partial charge in [-0.1, -0.05) is 19.3 Å². The lowest BCUT2D eigenvalue weighted by molar-refractivity contribution is -0.116. The summed E-state index contributed by atoms with van der Waals surface area (Å²) in [6.07, 6.45) is 10.2. The van der Waals surface area contributed by atoms with E-state index in [1.54, 1.807) is 11.0 Å². The van der Waals surface area contributed by atoms with Crippen molar-refractivity contribution in [3.63, 3.8) is 0 Å². The number of anilines is 1. The fraction of sp³-hybridized carbons (Fsp3) is 0.500. The molecule has 1 saturated carbocycles. The highest BCUT2D eigenvalue weighted by Crippen LogP contribution is 2.34. The van der Waals surface area contributed by atoms with E-state index in [4.69, 9.17) is 0 Å². The molecule has 1 aliphatic rings. The van der Waals surface area contributed by atoms with Gasteiger partial charge in [0.2, 0.25) is 5.91 Å². The van der Waals surface area contributed by atoms with Gasteiger partial charge in [-0.05, 0) is 43.5 Å². The van der Waals surface area contributed by atoms with Gasteiger partial charge in [0.25, 0.3) is 0 Å². The molecule has 1 aliphatic carbocycles. The van der Waals surface area contributed by atoms with Crippen molar-refractivity contribution in [2.75, 3.05) is 5.32 Å². The summed E-state index contributed by atoms with van der Waals surface area (Å²) >= 11 is 1.98. The monoisotopic (exact) mass is 344 g/mol. The third-order valence-electron chi connectivity index (χ3n) is 4.36. The fourth-order valence-electron chi connectivity index (χ4n) is 3.00. The predicted molar refractivity (Wildman–Crippen MR) is 97.2 cm³/mol. The molecule has 1 fully saturated rings. The Balaban J connectivity index is 1.52. The number of benzene rings is 1. The number of thioether (sulfide) groups is 1. The Morgan fingerprint density at radius 2 is 2.17 bits per heavy atom. The van der Waals surface area contributed by atoms with Crippen molar-refractivity contribution < 1.29 is 4.79 Å². The van der Waals surface area contributed by atoms with Gasteiger partial charge in [0.05, 0.1) is 6.54 Å². The first-order valence-corrected chi connectivity index (χ1v) is 9.48. The summed E-state index contributed by atoms with van der Waals surface area (Å²) in [6, 6.07) is 6.33. The third kappa shape index (κ3) is 4.84. The third-order valence-corrected chi connectivity index (χ3v) is 5.69. The molecule has 0 saturated heterocycles. The van der Waals surface area contributed by atoms with Crippen LogP contribution in [0.25, 0.3) is 0 Å². The number of hydrogen-bond acceptors (Lipinski definition) is 4. The second-order valence-electron chi connectivity index (χ2n) is 6.31. The zero-order chi connectivity index (χ0) is 16.8. The van der Waals surface area contributed by atoms with Crippen molar-refractivity contribution in [1.82, 2.24) is 14.8 Å². The second kappa shape index (κ2) is 8.33. The van der Waals surface area contributed by atoms with E-state index < -0.39 is 0 Å². The first kappa shape index (κ1) is 17.0. The maximum Gasteiger partial charge on any atom is 0.226 e. The summed E-state index contributed by atoms with van der Waals surface area (Å²) < 4.78 is 1.66. The van der Waals surface area contributed by atoms with Crippen LogP contribution in [0.4, 0.5) is 5.69 Å². The Bertz CT molecular complexity index is 666. The maximum absolute atomic E-state index is 12.1. The van der Waals surface area contributed by atoms with Crippen LogP contribution in [-0.2, 0) is 11.3 Å². The minimum absolute atomic E-state index is 0.00119. The van der Waals surface area contributed by atoms with Gasteiger partial charge >= 0.3 is 0 Å². The summed E-state index contributed by atoms with van der Waals surface area (Å²) in [5.74, 6) is 0.00119. The zero-order valence-electron chi connectivity index (χ0n) is 14.1. The Labute approximate surface area is 147 Å². The predicted octanol–water partition coefficient (Wildman–Crippen LogP) is 4.04. The lowest BCUT2D eigenvalue weighted by Crippen LogP contribution is -2.15. The molecule has 2 aromatic rings. The molecule has 3 rings (SSSR count). The number of nitrogens with zero attached hydrogens (tertiary/aromatic N) is 3. The highest BCUT2D eigenvalue weighted by molar-refractivity contribution is 8.00. The number of carbonyl (C=O) groups excluding carboxylic acids is 1. The van der Waals surface area contributed by atoms with Crippen molar-refractivity contribution in [1.29, 1.82) is 0 Å². The van der Waals surface area contributed by atoms with Crippen LogP contribution in [0.15, 0.2) is 35.7 Å². The van der Waals surface area contributed by atoms with E-state index in [-0.39, 0.29) is 5.91 Å². The molecule has 1 aromatic carbocycles. The van der Waals surface area contributed by atoms with Gasteiger partial charge in [0.1, 0.15) is 12.7 Å². The number of aryl methyl sites for hydroxylation is 2. The van der Waals surface area contributed by atoms with Crippen LogP contribution in [0.3, 0.4) is 0 Å². The first-order chi connectivity index (χ1) is 11.7. The minimum Gasteiger partial charge on any atom is -0.326 e. The van der Waals surface area contributed by atoms with Gasteiger partial charge in [0.15, 0.2) is 0 Å². The number of rotatable bonds is 6. The standard InChI is InChI=1S/C18H24N4OS/c1-14-11-16(24-15-5-3-2-4-6-15)7-8-17(14)21-18(23)9-10-22-13-19-12-20-22/h7-8,11-13,15H,2-6,9-10H2,1H3,(H,21,23). The molecule has 0 atom stereocenters. The molecule has 1 N–H and O–H groups in total. The van der Waals surface area contributed by atoms with Gasteiger partial charge in [-0.15, -0.1) is 11.8 Å². The fourth-order valence-corrected chi connectivity index (χ4v) is 4.35. The van der Waals surface area contributed by atoms with Crippen LogP contribution in [0.1, 0.15) is 44.1 Å². The summed E-state index contributed by atoms with van der Waals surface area (Å²) in [7, 11) is 0. The highest BCUT2D eigenvalue weighted by atomic mass is 32.2. The zero-order valence-corrected chi connectivity index (χ0v) is 14.9. The maximum atomic E-state index is 12.1. The van der Waals surface area contributed by atoms with E-state index in [0.29, 0.717) is 13.0 Å². The molecule has 1 aromatic heterocycles. The number of aromatic nitrogens is 3. The number of hydrogen-bond donors (Lipinski definition) is 1. The molecule has 5 nitrogen and oxygen atoms in total. The van der Waals surface area contributed by atoms with Gasteiger partial charge in [-0.2, -0.15) is 5.10 Å². The Morgan fingerprint density at radius 3 is 2.88 bits per heavy atom. The molecule has 0 aliphatic heterocycles. The van der Waals surface area contributed by atoms with E-state index in [2.05, 4.69) is 34.5 Å². The molecule has 0 bridgehead atoms. The van der Waals surface area contributed by atoms with Crippen LogP contribution in [0, 0.1) is 6.92 Å². The van der Waals surface area contributed by atoms with E-state index in [1.165, 1.54) is 43.3 Å². The van der Waals surface area contributed by atoms with Crippen molar-refractivity contribution in [3.05, 3.63) is 36.4 Å². The van der Waals surface area contributed by atoms with Crippen molar-refractivity contribution in [3.8, 4) is 0 Å². The second-order valence-corrected chi connectivity index (χ2v) is 7.69.